The van der Waals surface area contributed by atoms with E-state index < -0.39 is 96.8 Å². The summed E-state index contributed by atoms with van der Waals surface area (Å²) in [4.78, 5) is 52.1. The molecule has 9 atom stereocenters. The lowest BCUT2D eigenvalue weighted by Gasteiger charge is -2.39. The molecule has 2 heterocycles. The zero-order chi connectivity index (χ0) is 43.9. The number of ether oxygens (including phenoxy) is 6. The van der Waals surface area contributed by atoms with E-state index in [2.05, 4.69) is 10.6 Å². The standard InChI is InChI=1S/C44H56N2O15/c1-43(2,3)60-35(50)14-13-30(23-47)46-34(49)15-16-45-40(54)29-19-31(39-32(20-29)59-44(61-39)21-27-10-4-5-11-28(27)22-44)57-41(55)26-12-6-8-25(18-26)9-7-17-56-42-38(53)37(52)36(51)33(24-48)58-42/h4-12,18,20,30-33,36-39,42,47-48,51-53H,13-17,19,21-24H2,1-3H3,(H,45,54)(H,46,49)/t30-,31+,32+,33+,36-,37-,38+,39-,42-/m0/s1. The molecule has 2 aromatic carbocycles. The predicted octanol–water partition coefficient (Wildman–Crippen LogP) is 0.756. The van der Waals surface area contributed by atoms with Gasteiger partial charge in [0.15, 0.2) is 12.1 Å². The Bertz CT molecular complexity index is 1920. The molecule has 1 spiro atoms. The van der Waals surface area contributed by atoms with E-state index in [0.29, 0.717) is 18.4 Å². The van der Waals surface area contributed by atoms with Gasteiger partial charge in [0.1, 0.15) is 48.3 Å². The maximum absolute atomic E-state index is 13.7. The first kappa shape index (κ1) is 46.0. The van der Waals surface area contributed by atoms with Gasteiger partial charge in [0.05, 0.1) is 31.4 Å². The average molecular weight is 853 g/mol. The highest BCUT2D eigenvalue weighted by Crippen LogP contribution is 2.45. The van der Waals surface area contributed by atoms with Crippen molar-refractivity contribution in [2.45, 2.75) is 126 Å². The van der Waals surface area contributed by atoms with Crippen LogP contribution in [0.5, 0.6) is 0 Å². The number of carbonyl (C=O) groups excluding carboxylic acids is 4. The van der Waals surface area contributed by atoms with E-state index in [1.54, 1.807) is 63.3 Å². The van der Waals surface area contributed by atoms with Crippen LogP contribution in [0.25, 0.3) is 6.08 Å². The summed E-state index contributed by atoms with van der Waals surface area (Å²) in [6, 6.07) is 13.8. The second-order valence-corrected chi connectivity index (χ2v) is 16.7. The third-order valence-corrected chi connectivity index (χ3v) is 10.7. The van der Waals surface area contributed by atoms with Crippen molar-refractivity contribution in [1.29, 1.82) is 0 Å². The third kappa shape index (κ3) is 11.9. The minimum Gasteiger partial charge on any atom is -0.460 e. The number of hydrogen-bond acceptors (Lipinski definition) is 15. The zero-order valence-electron chi connectivity index (χ0n) is 34.4. The Kier molecular flexibility index (Phi) is 15.1. The molecule has 2 aromatic rings. The largest absolute Gasteiger partial charge is 0.460 e. The summed E-state index contributed by atoms with van der Waals surface area (Å²) in [5.74, 6) is -3.03. The lowest BCUT2D eigenvalue weighted by Crippen LogP contribution is -2.59. The number of aliphatic hydroxyl groups excluding tert-OH is 5. The number of benzene rings is 2. The lowest BCUT2D eigenvalue weighted by atomic mass is 9.91. The van der Waals surface area contributed by atoms with Crippen molar-refractivity contribution in [3.05, 3.63) is 88.5 Å². The summed E-state index contributed by atoms with van der Waals surface area (Å²) in [6.45, 7) is 4.18. The van der Waals surface area contributed by atoms with Gasteiger partial charge >= 0.3 is 11.9 Å². The van der Waals surface area contributed by atoms with E-state index in [1.807, 2.05) is 24.3 Å². The maximum atomic E-state index is 13.7. The molecule has 17 heteroatoms. The predicted molar refractivity (Wildman–Crippen MR) is 215 cm³/mol. The van der Waals surface area contributed by atoms with E-state index in [9.17, 15) is 44.7 Å². The quantitative estimate of drug-likeness (QED) is 0.115. The Morgan fingerprint density at radius 2 is 1.69 bits per heavy atom. The van der Waals surface area contributed by atoms with Crippen molar-refractivity contribution in [2.24, 2.45) is 0 Å². The smallest absolute Gasteiger partial charge is 0.338 e. The normalized spacial score (nSPS) is 27.2. The molecule has 4 aliphatic rings. The van der Waals surface area contributed by atoms with Crippen LogP contribution in [0.4, 0.5) is 0 Å². The van der Waals surface area contributed by atoms with Crippen LogP contribution in [0.3, 0.4) is 0 Å². The molecule has 17 nitrogen and oxygen atoms in total. The van der Waals surface area contributed by atoms with Gasteiger partial charge < -0.3 is 64.6 Å². The van der Waals surface area contributed by atoms with Gasteiger partial charge in [-0.2, -0.15) is 0 Å². The highest BCUT2D eigenvalue weighted by molar-refractivity contribution is 5.94. The number of aliphatic hydroxyl groups is 5. The van der Waals surface area contributed by atoms with E-state index in [4.69, 9.17) is 28.4 Å². The van der Waals surface area contributed by atoms with Crippen molar-refractivity contribution >= 4 is 29.8 Å². The first-order chi connectivity index (χ1) is 29.1. The molecule has 0 aromatic heterocycles. The van der Waals surface area contributed by atoms with E-state index in [0.717, 1.165) is 11.1 Å². The highest BCUT2D eigenvalue weighted by Gasteiger charge is 2.55. The van der Waals surface area contributed by atoms with Crippen LogP contribution in [0.1, 0.15) is 73.5 Å². The van der Waals surface area contributed by atoms with Crippen LogP contribution in [-0.4, -0.2) is 142 Å². The second kappa shape index (κ2) is 20.1. The van der Waals surface area contributed by atoms with Gasteiger partial charge in [0, 0.05) is 44.2 Å². The summed E-state index contributed by atoms with van der Waals surface area (Å²) in [6.07, 6.45) is -3.41. The number of nitrogens with one attached hydrogen (secondary N) is 2. The van der Waals surface area contributed by atoms with Crippen LogP contribution in [0, 0.1) is 0 Å². The number of fused-ring (bicyclic) bond motifs is 2. The molecule has 6 rings (SSSR count). The zero-order valence-corrected chi connectivity index (χ0v) is 34.4. The summed E-state index contributed by atoms with van der Waals surface area (Å²) in [7, 11) is 0. The minimum atomic E-state index is -1.57. The highest BCUT2D eigenvalue weighted by atomic mass is 16.8. The van der Waals surface area contributed by atoms with Gasteiger partial charge in [-0.05, 0) is 62.1 Å². The summed E-state index contributed by atoms with van der Waals surface area (Å²) in [5.41, 5.74) is 2.61. The van der Waals surface area contributed by atoms with Crippen LogP contribution in [0.2, 0.25) is 0 Å². The Labute approximate surface area is 353 Å². The van der Waals surface area contributed by atoms with Gasteiger partial charge in [-0.25, -0.2) is 4.79 Å². The van der Waals surface area contributed by atoms with Gasteiger partial charge in [-0.15, -0.1) is 0 Å². The fraction of sp³-hybridized carbons (Fsp3) is 0.545. The molecule has 0 unspecified atom stereocenters. The van der Waals surface area contributed by atoms with E-state index in [-0.39, 0.29) is 56.6 Å². The number of rotatable bonds is 16. The Hall–Kier alpha value is -4.56. The van der Waals surface area contributed by atoms with Crippen molar-refractivity contribution in [1.82, 2.24) is 10.6 Å². The average Bonchev–Trinajstić information content (AvgIpc) is 3.78. The fourth-order valence-corrected chi connectivity index (χ4v) is 7.77. The Morgan fingerprint density at radius 1 is 0.951 bits per heavy atom. The molecule has 2 saturated heterocycles. The van der Waals surface area contributed by atoms with Crippen LogP contribution in [-0.2, 0) is 55.6 Å². The maximum Gasteiger partial charge on any atom is 0.338 e. The minimum absolute atomic E-state index is 0.00343. The monoisotopic (exact) mass is 852 g/mol. The number of amides is 2. The topological polar surface area (TPSA) is 249 Å². The van der Waals surface area contributed by atoms with Gasteiger partial charge in [-0.1, -0.05) is 48.6 Å². The number of hydrogen-bond donors (Lipinski definition) is 7. The molecule has 7 N–H and O–H groups in total. The fourth-order valence-electron chi connectivity index (χ4n) is 7.77. The molecule has 332 valence electrons. The SMILES string of the molecule is CC(C)(C)OC(=O)CC[C@@H](CO)NC(=O)CCNC(=O)C1=C[C@H]2OC3(Cc4ccccc4C3)O[C@H]2[C@H](OC(=O)c2cccc(C=CCO[C@H]3O[C@H](CO)[C@H](O)[C@H](O)[C@H]3O)c2)C1. The third-order valence-electron chi connectivity index (χ3n) is 10.7. The van der Waals surface area contributed by atoms with Gasteiger partial charge in [0.2, 0.25) is 11.8 Å². The molecule has 2 fully saturated rings. The van der Waals surface area contributed by atoms with E-state index in [1.165, 1.54) is 0 Å². The van der Waals surface area contributed by atoms with Crippen molar-refractivity contribution < 1.29 is 73.1 Å². The first-order valence-electron chi connectivity index (χ1n) is 20.5. The molecule has 61 heavy (non-hydrogen) atoms. The molecule has 0 saturated carbocycles. The van der Waals surface area contributed by atoms with Crippen molar-refractivity contribution in [2.75, 3.05) is 26.4 Å². The molecule has 2 aliphatic heterocycles. The van der Waals surface area contributed by atoms with Crippen LogP contribution < -0.4 is 10.6 Å². The van der Waals surface area contributed by atoms with Gasteiger partial charge in [-0.3, -0.25) is 14.4 Å². The summed E-state index contributed by atoms with van der Waals surface area (Å²) >= 11 is 0. The van der Waals surface area contributed by atoms with Crippen LogP contribution in [0.15, 0.2) is 66.3 Å². The second-order valence-electron chi connectivity index (χ2n) is 16.7. The summed E-state index contributed by atoms with van der Waals surface area (Å²) in [5, 5.41) is 54.8. The molecule has 2 amide bonds. The van der Waals surface area contributed by atoms with Gasteiger partial charge in [0.25, 0.3) is 0 Å². The summed E-state index contributed by atoms with van der Waals surface area (Å²) < 4.78 is 35.4. The van der Waals surface area contributed by atoms with E-state index >= 15 is 0 Å². The number of carbonyl (C=O) groups is 4. The molecule has 0 radical (unpaired) electrons. The Morgan fingerprint density at radius 3 is 2.38 bits per heavy atom. The Balaban J connectivity index is 1.07. The van der Waals surface area contributed by atoms with Crippen LogP contribution >= 0.6 is 0 Å². The molecular weight excluding hydrogens is 796 g/mol. The molecule has 2 aliphatic carbocycles. The first-order valence-corrected chi connectivity index (χ1v) is 20.5. The molecular formula is C44H56N2O15. The van der Waals surface area contributed by atoms with Crippen molar-refractivity contribution in [3.63, 3.8) is 0 Å². The number of esters is 2. The van der Waals surface area contributed by atoms with Crippen molar-refractivity contribution in [3.8, 4) is 0 Å². The lowest BCUT2D eigenvalue weighted by molar-refractivity contribution is -0.298. The molecule has 0 bridgehead atoms.